The van der Waals surface area contributed by atoms with Gasteiger partial charge in [-0.25, -0.2) is 14.8 Å². The van der Waals surface area contributed by atoms with E-state index in [1.165, 1.54) is 28.2 Å². The van der Waals surface area contributed by atoms with Crippen LogP contribution in [0.5, 0.6) is 0 Å². The van der Waals surface area contributed by atoms with E-state index in [0.29, 0.717) is 18.1 Å². The number of carbonyl (C=O) groups is 1. The molecular weight excluding hydrogens is 402 g/mol. The Morgan fingerprint density at radius 3 is 2.73 bits per heavy atom. The predicted octanol–water partition coefficient (Wildman–Crippen LogP) is 3.18. The van der Waals surface area contributed by atoms with Crippen molar-refractivity contribution in [1.29, 1.82) is 0 Å². The van der Waals surface area contributed by atoms with Gasteiger partial charge in [0, 0.05) is 12.7 Å². The topological polar surface area (TPSA) is 110 Å². The van der Waals surface area contributed by atoms with Crippen LogP contribution < -0.4 is 16.6 Å². The van der Waals surface area contributed by atoms with E-state index in [1.54, 1.807) is 0 Å². The number of carbonyl (C=O) groups excluding carboxylic acids is 1. The molecule has 9 heteroatoms. The maximum Gasteiger partial charge on any atom is 0.329 e. The molecule has 152 valence electrons. The lowest BCUT2D eigenvalue weighted by atomic mass is 10.2. The van der Waals surface area contributed by atoms with Crippen molar-refractivity contribution in [3.63, 3.8) is 0 Å². The zero-order valence-corrected chi connectivity index (χ0v) is 17.2. The van der Waals surface area contributed by atoms with E-state index in [1.807, 2.05) is 44.2 Å². The molecule has 4 rings (SSSR count). The summed E-state index contributed by atoms with van der Waals surface area (Å²) in [6, 6.07) is 11.3. The fraction of sp³-hybridized carbons (Fsp3) is 0.190. The molecule has 0 bridgehead atoms. The highest BCUT2D eigenvalue weighted by Crippen LogP contribution is 2.32. The van der Waals surface area contributed by atoms with Crippen molar-refractivity contribution >= 4 is 33.4 Å². The average Bonchev–Trinajstić information content (AvgIpc) is 3.11. The number of hydrogen-bond donors (Lipinski definition) is 2. The Bertz CT molecular complexity index is 1350. The number of nitrogens with zero attached hydrogens (tertiary/aromatic N) is 3. The Labute approximate surface area is 175 Å². The minimum Gasteiger partial charge on any atom is -0.298 e. The molecule has 0 radical (unpaired) electrons. The van der Waals surface area contributed by atoms with Crippen molar-refractivity contribution in [3.05, 3.63) is 74.7 Å². The van der Waals surface area contributed by atoms with Gasteiger partial charge in [-0.05, 0) is 25.0 Å². The van der Waals surface area contributed by atoms with Crippen LogP contribution in [0.4, 0.5) is 5.13 Å². The summed E-state index contributed by atoms with van der Waals surface area (Å²) in [6.07, 6.45) is 2.07. The lowest BCUT2D eigenvalue weighted by Gasteiger charge is -2.08. The third-order valence-electron chi connectivity index (χ3n) is 4.60. The molecule has 0 fully saturated rings. The van der Waals surface area contributed by atoms with Crippen molar-refractivity contribution in [2.45, 2.75) is 26.8 Å². The molecule has 0 aliphatic carbocycles. The number of anilines is 1. The predicted molar refractivity (Wildman–Crippen MR) is 117 cm³/mol. The third kappa shape index (κ3) is 3.67. The largest absolute Gasteiger partial charge is 0.329 e. The summed E-state index contributed by atoms with van der Waals surface area (Å²) in [5.41, 5.74) is 1.24. The van der Waals surface area contributed by atoms with Crippen molar-refractivity contribution in [2.75, 3.05) is 5.32 Å². The molecule has 0 aliphatic heterocycles. The maximum atomic E-state index is 12.7. The summed E-state index contributed by atoms with van der Waals surface area (Å²) in [4.78, 5) is 48.9. The molecule has 3 heterocycles. The molecule has 0 atom stereocenters. The number of H-pyrrole nitrogens is 1. The van der Waals surface area contributed by atoms with Crippen LogP contribution in [0.25, 0.3) is 21.5 Å². The Morgan fingerprint density at radius 1 is 1.23 bits per heavy atom. The Morgan fingerprint density at radius 2 is 2.00 bits per heavy atom. The molecule has 0 unspecified atom stereocenters. The second-order valence-electron chi connectivity index (χ2n) is 6.76. The molecule has 4 aromatic rings. The van der Waals surface area contributed by atoms with E-state index in [2.05, 4.69) is 20.3 Å². The van der Waals surface area contributed by atoms with Gasteiger partial charge in [-0.1, -0.05) is 48.6 Å². The summed E-state index contributed by atoms with van der Waals surface area (Å²) < 4.78 is 1.40. The first kappa shape index (κ1) is 19.7. The number of amides is 1. The Kier molecular flexibility index (Phi) is 5.28. The number of aromatic amines is 1. The van der Waals surface area contributed by atoms with Crippen LogP contribution in [-0.2, 0) is 6.54 Å². The number of aryl methyl sites for hydroxylation is 2. The minimum atomic E-state index is -0.569. The van der Waals surface area contributed by atoms with Gasteiger partial charge in [0.05, 0.1) is 21.5 Å². The van der Waals surface area contributed by atoms with Crippen LogP contribution in [0.3, 0.4) is 0 Å². The summed E-state index contributed by atoms with van der Waals surface area (Å²) in [6.45, 7) is 4.23. The number of benzene rings is 1. The Hall–Kier alpha value is -3.59. The van der Waals surface area contributed by atoms with Gasteiger partial charge in [-0.2, -0.15) is 0 Å². The molecule has 30 heavy (non-hydrogen) atoms. The maximum absolute atomic E-state index is 12.7. The fourth-order valence-electron chi connectivity index (χ4n) is 3.20. The first-order chi connectivity index (χ1) is 14.5. The standard InChI is InChI=1S/C21H19N5O3S/c1-3-9-26-17-15(19(28)25-21(26)29)10-14(11-22-17)18(27)24-20-23-12(2)16(30-20)13-7-5-4-6-8-13/h4-8,10-11H,3,9H2,1-2H3,(H,23,24,27)(H,25,28,29). The van der Waals surface area contributed by atoms with E-state index in [9.17, 15) is 14.4 Å². The van der Waals surface area contributed by atoms with E-state index in [4.69, 9.17) is 0 Å². The molecule has 1 amide bonds. The van der Waals surface area contributed by atoms with Crippen LogP contribution in [0, 0.1) is 6.92 Å². The molecule has 8 nitrogen and oxygen atoms in total. The number of hydrogen-bond acceptors (Lipinski definition) is 6. The fourth-order valence-corrected chi connectivity index (χ4v) is 4.17. The lowest BCUT2D eigenvalue weighted by Crippen LogP contribution is -2.31. The SMILES string of the molecule is CCCn1c(=O)[nH]c(=O)c2cc(C(=O)Nc3nc(C)c(-c4ccccc4)s3)cnc21. The average molecular weight is 421 g/mol. The number of pyridine rings is 1. The highest BCUT2D eigenvalue weighted by molar-refractivity contribution is 7.19. The van der Waals surface area contributed by atoms with E-state index in [-0.39, 0.29) is 16.6 Å². The van der Waals surface area contributed by atoms with Crippen LogP contribution in [-0.4, -0.2) is 25.4 Å². The van der Waals surface area contributed by atoms with E-state index >= 15 is 0 Å². The lowest BCUT2D eigenvalue weighted by molar-refractivity contribution is 0.102. The van der Waals surface area contributed by atoms with Crippen molar-refractivity contribution < 1.29 is 4.79 Å². The van der Waals surface area contributed by atoms with Gasteiger partial charge in [0.15, 0.2) is 5.13 Å². The second kappa shape index (κ2) is 8.03. The highest BCUT2D eigenvalue weighted by Gasteiger charge is 2.16. The molecule has 2 N–H and O–H groups in total. The van der Waals surface area contributed by atoms with Gasteiger partial charge in [-0.15, -0.1) is 0 Å². The summed E-state index contributed by atoms with van der Waals surface area (Å²) >= 11 is 1.38. The molecule has 0 saturated carbocycles. The summed E-state index contributed by atoms with van der Waals surface area (Å²) in [7, 11) is 0. The summed E-state index contributed by atoms with van der Waals surface area (Å²) in [5.74, 6) is -0.426. The minimum absolute atomic E-state index is 0.191. The van der Waals surface area contributed by atoms with Gasteiger partial charge in [-0.3, -0.25) is 24.5 Å². The first-order valence-corrected chi connectivity index (χ1v) is 10.3. The van der Waals surface area contributed by atoms with Gasteiger partial charge in [0.1, 0.15) is 5.65 Å². The molecule has 0 saturated heterocycles. The smallest absolute Gasteiger partial charge is 0.298 e. The zero-order chi connectivity index (χ0) is 21.3. The van der Waals surface area contributed by atoms with E-state index in [0.717, 1.165) is 16.1 Å². The number of fused-ring (bicyclic) bond motifs is 1. The van der Waals surface area contributed by atoms with Gasteiger partial charge < -0.3 is 0 Å². The number of nitrogens with one attached hydrogen (secondary N) is 2. The number of aromatic nitrogens is 4. The third-order valence-corrected chi connectivity index (χ3v) is 5.72. The van der Waals surface area contributed by atoms with Crippen molar-refractivity contribution in [3.8, 4) is 10.4 Å². The zero-order valence-electron chi connectivity index (χ0n) is 16.4. The van der Waals surface area contributed by atoms with Gasteiger partial charge in [0.2, 0.25) is 0 Å². The second-order valence-corrected chi connectivity index (χ2v) is 7.76. The van der Waals surface area contributed by atoms with Gasteiger partial charge in [0.25, 0.3) is 11.5 Å². The normalized spacial score (nSPS) is 11.0. The highest BCUT2D eigenvalue weighted by atomic mass is 32.1. The van der Waals surface area contributed by atoms with Crippen LogP contribution in [0.1, 0.15) is 29.4 Å². The summed E-state index contributed by atoms with van der Waals surface area (Å²) in [5, 5.41) is 3.42. The van der Waals surface area contributed by atoms with Gasteiger partial charge >= 0.3 is 5.69 Å². The van der Waals surface area contributed by atoms with Crippen LogP contribution >= 0.6 is 11.3 Å². The van der Waals surface area contributed by atoms with E-state index < -0.39 is 17.2 Å². The molecular formula is C21H19N5O3S. The molecule has 0 spiro atoms. The molecule has 3 aromatic heterocycles. The first-order valence-electron chi connectivity index (χ1n) is 9.45. The quantitative estimate of drug-likeness (QED) is 0.514. The number of rotatable bonds is 5. The van der Waals surface area contributed by atoms with Crippen LogP contribution in [0.15, 0.2) is 52.2 Å². The van der Waals surface area contributed by atoms with Crippen LogP contribution in [0.2, 0.25) is 0 Å². The van der Waals surface area contributed by atoms with Crippen molar-refractivity contribution in [1.82, 2.24) is 19.5 Å². The molecule has 1 aromatic carbocycles. The van der Waals surface area contributed by atoms with Crippen molar-refractivity contribution in [2.24, 2.45) is 0 Å². The molecule has 0 aliphatic rings. The monoisotopic (exact) mass is 421 g/mol. The number of thiazole rings is 1. The Balaban J connectivity index is 1.66.